The molecule has 0 bridgehead atoms. The number of unbranched alkanes of at least 4 members (excludes halogenated alkanes) is 13. The van der Waals surface area contributed by atoms with Gasteiger partial charge < -0.3 is 4.74 Å². The highest BCUT2D eigenvalue weighted by atomic mass is 16.5. The maximum atomic E-state index is 10.9. The van der Waals surface area contributed by atoms with Crippen LogP contribution in [0.1, 0.15) is 110 Å². The monoisotopic (exact) mass is 324 g/mol. The van der Waals surface area contributed by atoms with Gasteiger partial charge in [-0.25, -0.2) is 0 Å². The number of carbonyl (C=O) groups is 1. The summed E-state index contributed by atoms with van der Waals surface area (Å²) >= 11 is 0. The average Bonchev–Trinajstić information content (AvgIpc) is 2.57. The number of hydrogen-bond donors (Lipinski definition) is 0. The Labute approximate surface area is 145 Å². The molecule has 0 rings (SSSR count). The number of rotatable bonds is 17. The third-order valence-electron chi connectivity index (χ3n) is 4.37. The van der Waals surface area contributed by atoms with Crippen LogP contribution in [0.3, 0.4) is 0 Å². The first-order chi connectivity index (χ1) is 11.3. The van der Waals surface area contributed by atoms with Gasteiger partial charge in [-0.1, -0.05) is 89.7 Å². The lowest BCUT2D eigenvalue weighted by Crippen LogP contribution is -1.98. The summed E-state index contributed by atoms with van der Waals surface area (Å²) in [5, 5.41) is 0. The van der Waals surface area contributed by atoms with Crippen molar-refractivity contribution in [1.29, 1.82) is 0 Å². The van der Waals surface area contributed by atoms with E-state index < -0.39 is 0 Å². The van der Waals surface area contributed by atoms with Crippen molar-refractivity contribution in [2.24, 2.45) is 0 Å². The summed E-state index contributed by atoms with van der Waals surface area (Å²) in [4.78, 5) is 10.9. The fraction of sp³-hybridized carbons (Fsp3) is 0.857. The van der Waals surface area contributed by atoms with Crippen LogP contribution in [-0.4, -0.2) is 13.1 Å². The normalized spacial score (nSPS) is 11.2. The first kappa shape index (κ1) is 22.2. The lowest BCUT2D eigenvalue weighted by Gasteiger charge is -2.02. The van der Waals surface area contributed by atoms with Crippen LogP contribution >= 0.6 is 0 Å². The average molecular weight is 325 g/mol. The van der Waals surface area contributed by atoms with Crippen molar-refractivity contribution in [1.82, 2.24) is 0 Å². The number of esters is 1. The van der Waals surface area contributed by atoms with Gasteiger partial charge in [-0.2, -0.15) is 0 Å². The minimum atomic E-state index is -0.0978. The zero-order valence-electron chi connectivity index (χ0n) is 15.8. The summed E-state index contributed by atoms with van der Waals surface area (Å²) in [6.45, 7) is 2.28. The molecule has 136 valence electrons. The van der Waals surface area contributed by atoms with Gasteiger partial charge in [-0.15, -0.1) is 0 Å². The largest absolute Gasteiger partial charge is 0.469 e. The first-order valence-corrected chi connectivity index (χ1v) is 10.0. The van der Waals surface area contributed by atoms with E-state index >= 15 is 0 Å². The van der Waals surface area contributed by atoms with Crippen LogP contribution in [0, 0.1) is 0 Å². The van der Waals surface area contributed by atoms with Gasteiger partial charge in [0, 0.05) is 6.42 Å². The van der Waals surface area contributed by atoms with E-state index in [1.165, 1.54) is 90.6 Å². The molecule has 0 aromatic heterocycles. The second kappa shape index (κ2) is 19.3. The molecule has 23 heavy (non-hydrogen) atoms. The fourth-order valence-corrected chi connectivity index (χ4v) is 2.81. The van der Waals surface area contributed by atoms with E-state index in [1.54, 1.807) is 0 Å². The van der Waals surface area contributed by atoms with Gasteiger partial charge in [-0.05, 0) is 25.7 Å². The van der Waals surface area contributed by atoms with Gasteiger partial charge in [0.15, 0.2) is 0 Å². The van der Waals surface area contributed by atoms with E-state index in [4.69, 9.17) is 0 Å². The van der Waals surface area contributed by atoms with Crippen molar-refractivity contribution in [3.63, 3.8) is 0 Å². The summed E-state index contributed by atoms with van der Waals surface area (Å²) in [6.07, 6.45) is 25.0. The van der Waals surface area contributed by atoms with E-state index in [-0.39, 0.29) is 5.97 Å². The maximum Gasteiger partial charge on any atom is 0.305 e. The van der Waals surface area contributed by atoms with Crippen LogP contribution in [-0.2, 0) is 9.53 Å². The third-order valence-corrected chi connectivity index (χ3v) is 4.37. The highest BCUT2D eigenvalue weighted by Gasteiger charge is 1.97. The Morgan fingerprint density at radius 2 is 1.13 bits per heavy atom. The molecule has 0 fully saturated rings. The molecule has 0 radical (unpaired) electrons. The van der Waals surface area contributed by atoms with Gasteiger partial charge in [0.1, 0.15) is 0 Å². The van der Waals surface area contributed by atoms with E-state index in [0.29, 0.717) is 6.42 Å². The summed E-state index contributed by atoms with van der Waals surface area (Å²) in [5.41, 5.74) is 0. The van der Waals surface area contributed by atoms with E-state index in [0.717, 1.165) is 12.8 Å². The molecule has 0 aliphatic rings. The number of allylic oxidation sites excluding steroid dienone is 2. The lowest BCUT2D eigenvalue weighted by molar-refractivity contribution is -0.140. The quantitative estimate of drug-likeness (QED) is 0.164. The van der Waals surface area contributed by atoms with Gasteiger partial charge in [0.2, 0.25) is 0 Å². The molecule has 0 spiro atoms. The van der Waals surface area contributed by atoms with Crippen molar-refractivity contribution in [3.8, 4) is 0 Å². The Morgan fingerprint density at radius 3 is 1.61 bits per heavy atom. The third kappa shape index (κ3) is 19.2. The molecule has 2 nitrogen and oxygen atoms in total. The van der Waals surface area contributed by atoms with Crippen molar-refractivity contribution in [2.45, 2.75) is 110 Å². The van der Waals surface area contributed by atoms with Gasteiger partial charge in [0.25, 0.3) is 0 Å². The predicted octanol–water partition coefficient (Wildman–Crippen LogP) is 6.98. The minimum Gasteiger partial charge on any atom is -0.469 e. The molecule has 0 aliphatic heterocycles. The molecule has 0 unspecified atom stereocenters. The van der Waals surface area contributed by atoms with Crippen molar-refractivity contribution < 1.29 is 9.53 Å². The number of hydrogen-bond acceptors (Lipinski definition) is 2. The summed E-state index contributed by atoms with van der Waals surface area (Å²) < 4.78 is 4.62. The van der Waals surface area contributed by atoms with Crippen LogP contribution < -0.4 is 0 Å². The lowest BCUT2D eigenvalue weighted by atomic mass is 10.0. The zero-order valence-corrected chi connectivity index (χ0v) is 15.8. The molecule has 0 saturated heterocycles. The summed E-state index contributed by atoms with van der Waals surface area (Å²) in [6, 6.07) is 0. The van der Waals surface area contributed by atoms with Crippen LogP contribution in [0.25, 0.3) is 0 Å². The van der Waals surface area contributed by atoms with Gasteiger partial charge in [-0.3, -0.25) is 4.79 Å². The molecule has 0 N–H and O–H groups in total. The Morgan fingerprint density at radius 1 is 0.696 bits per heavy atom. The van der Waals surface area contributed by atoms with Gasteiger partial charge >= 0.3 is 5.97 Å². The fourth-order valence-electron chi connectivity index (χ4n) is 2.81. The molecule has 0 aromatic carbocycles. The molecule has 0 aliphatic carbocycles. The smallest absolute Gasteiger partial charge is 0.305 e. The van der Waals surface area contributed by atoms with E-state index in [1.807, 2.05) is 0 Å². The van der Waals surface area contributed by atoms with E-state index in [9.17, 15) is 4.79 Å². The van der Waals surface area contributed by atoms with Crippen LogP contribution in [0.15, 0.2) is 12.2 Å². The Kier molecular flexibility index (Phi) is 18.6. The highest BCUT2D eigenvalue weighted by molar-refractivity contribution is 5.68. The number of methoxy groups -OCH3 is 1. The second-order valence-electron chi connectivity index (χ2n) is 6.62. The predicted molar refractivity (Wildman–Crippen MR) is 101 cm³/mol. The molecule has 0 saturated carbocycles. The van der Waals surface area contributed by atoms with Crippen molar-refractivity contribution >= 4 is 5.97 Å². The highest BCUT2D eigenvalue weighted by Crippen LogP contribution is 2.12. The molecular weight excluding hydrogens is 284 g/mol. The minimum absolute atomic E-state index is 0.0978. The topological polar surface area (TPSA) is 26.3 Å². The standard InChI is InChI=1S/C21H40O2/c1-3-4-5-6-7-8-9-10-11-12-13-14-15-16-17-18-19-20-21(22)23-2/h16-17H,3-15,18-20H2,1-2H3/b17-16+. The molecule has 2 heteroatoms. The molecular formula is C21H40O2. The summed E-state index contributed by atoms with van der Waals surface area (Å²) in [5.74, 6) is -0.0978. The molecule has 0 heterocycles. The van der Waals surface area contributed by atoms with E-state index in [2.05, 4.69) is 23.8 Å². The maximum absolute atomic E-state index is 10.9. The molecule has 0 aromatic rings. The number of carbonyl (C=O) groups excluding carboxylic acids is 1. The Bertz CT molecular complexity index is 271. The van der Waals surface area contributed by atoms with Crippen molar-refractivity contribution in [3.05, 3.63) is 12.2 Å². The van der Waals surface area contributed by atoms with Crippen LogP contribution in [0.2, 0.25) is 0 Å². The summed E-state index contributed by atoms with van der Waals surface area (Å²) in [7, 11) is 1.45. The van der Waals surface area contributed by atoms with Gasteiger partial charge in [0.05, 0.1) is 7.11 Å². The van der Waals surface area contributed by atoms with Crippen molar-refractivity contribution in [2.75, 3.05) is 7.11 Å². The second-order valence-corrected chi connectivity index (χ2v) is 6.62. The first-order valence-electron chi connectivity index (χ1n) is 10.0. The Hall–Kier alpha value is -0.790. The zero-order chi connectivity index (χ0) is 17.0. The Balaban J connectivity index is 3.08. The molecule has 0 atom stereocenters. The molecule has 0 amide bonds. The van der Waals surface area contributed by atoms with Crippen LogP contribution in [0.4, 0.5) is 0 Å². The van der Waals surface area contributed by atoms with Crippen LogP contribution in [0.5, 0.6) is 0 Å². The number of ether oxygens (including phenoxy) is 1. The SMILES string of the molecule is CCCCCCCCCCCCCC/C=C/CCCC(=O)OC.